The van der Waals surface area contributed by atoms with E-state index in [2.05, 4.69) is 6.07 Å². The third-order valence-electron chi connectivity index (χ3n) is 5.50. The molecule has 0 bridgehead atoms. The predicted molar refractivity (Wildman–Crippen MR) is 131 cm³/mol. The molecule has 0 spiro atoms. The molecule has 2 aromatic carbocycles. The molecule has 0 saturated heterocycles. The van der Waals surface area contributed by atoms with E-state index in [1.54, 1.807) is 31.0 Å². The number of hydrogen-bond acceptors (Lipinski definition) is 4. The maximum Gasteiger partial charge on any atom is 0.337 e. The van der Waals surface area contributed by atoms with Crippen LogP contribution in [0.15, 0.2) is 36.5 Å². The van der Waals surface area contributed by atoms with E-state index in [0.29, 0.717) is 0 Å². The highest BCUT2D eigenvalue weighted by molar-refractivity contribution is 7.23. The molecule has 0 fully saturated rings. The average molecular weight is 472 g/mol. The minimum atomic E-state index is -1.05. The van der Waals surface area contributed by atoms with Crippen LogP contribution in [0.4, 0.5) is 0 Å². The van der Waals surface area contributed by atoms with Crippen LogP contribution in [0, 0.1) is 6.92 Å². The van der Waals surface area contributed by atoms with Crippen molar-refractivity contribution in [1.29, 1.82) is 0 Å². The van der Waals surface area contributed by atoms with Gasteiger partial charge in [0.25, 0.3) is 0 Å². The van der Waals surface area contributed by atoms with Gasteiger partial charge in [-0.3, -0.25) is 9.20 Å². The summed E-state index contributed by atoms with van der Waals surface area (Å²) >= 11 is 7.59. The summed E-state index contributed by atoms with van der Waals surface area (Å²) in [6, 6.07) is 9.38. The molecule has 0 radical (unpaired) electrons. The van der Waals surface area contributed by atoms with Gasteiger partial charge in [0.1, 0.15) is 0 Å². The highest BCUT2D eigenvalue weighted by atomic mass is 35.5. The minimum Gasteiger partial charge on any atom is -0.478 e. The summed E-state index contributed by atoms with van der Waals surface area (Å²) in [5.74, 6) is -1.02. The molecule has 1 amide bonds. The molecule has 0 aliphatic carbocycles. The van der Waals surface area contributed by atoms with E-state index in [9.17, 15) is 14.7 Å². The van der Waals surface area contributed by atoms with Crippen LogP contribution in [0.5, 0.6) is 0 Å². The van der Waals surface area contributed by atoms with Crippen molar-refractivity contribution < 1.29 is 14.7 Å². The zero-order valence-electron chi connectivity index (χ0n) is 18.9. The van der Waals surface area contributed by atoms with Crippen molar-refractivity contribution >= 4 is 50.0 Å². The van der Waals surface area contributed by atoms with Crippen molar-refractivity contribution in [2.24, 2.45) is 0 Å². The first-order chi connectivity index (χ1) is 15.2. The van der Waals surface area contributed by atoms with E-state index >= 15 is 0 Å². The van der Waals surface area contributed by atoms with E-state index in [0.717, 1.165) is 37.6 Å². The first-order valence-corrected chi connectivity index (χ1v) is 11.6. The van der Waals surface area contributed by atoms with Crippen LogP contribution in [0.1, 0.15) is 55.2 Å². The largest absolute Gasteiger partial charge is 0.478 e. The molecular formula is C24H26ClN3O3S. The number of rotatable bonds is 4. The monoisotopic (exact) mass is 471 g/mol. The van der Waals surface area contributed by atoms with Gasteiger partial charge in [-0.1, -0.05) is 55.0 Å². The fraction of sp³-hybridized carbons (Fsp3) is 0.292. The number of carboxylic acids is 1. The minimum absolute atomic E-state index is 0.0183. The maximum absolute atomic E-state index is 11.7. The molecule has 0 aliphatic heterocycles. The molecule has 1 unspecified atom stereocenters. The predicted octanol–water partition coefficient (Wildman–Crippen LogP) is 6.44. The lowest BCUT2D eigenvalue weighted by Crippen LogP contribution is -2.27. The molecule has 2 aromatic heterocycles. The summed E-state index contributed by atoms with van der Waals surface area (Å²) in [5.41, 5.74) is 4.89. The van der Waals surface area contributed by atoms with Gasteiger partial charge in [-0.15, -0.1) is 0 Å². The fourth-order valence-electron chi connectivity index (χ4n) is 3.54. The lowest BCUT2D eigenvalue weighted by atomic mass is 9.99. The normalized spacial score (nSPS) is 11.8. The Kier molecular flexibility index (Phi) is 6.91. The lowest BCUT2D eigenvalue weighted by molar-refractivity contribution is -0.129. The molecule has 6 nitrogen and oxygen atoms in total. The van der Waals surface area contributed by atoms with E-state index in [1.165, 1.54) is 11.3 Å². The number of aryl methyl sites for hydroxylation is 1. The number of carbonyl (C=O) groups is 2. The Morgan fingerprint density at radius 1 is 1.22 bits per heavy atom. The summed E-state index contributed by atoms with van der Waals surface area (Å²) < 4.78 is 2.76. The second-order valence-electron chi connectivity index (χ2n) is 7.37. The van der Waals surface area contributed by atoms with Crippen LogP contribution in [0.25, 0.3) is 26.4 Å². The van der Waals surface area contributed by atoms with Crippen molar-refractivity contribution in [2.75, 3.05) is 7.05 Å². The summed E-state index contributed by atoms with van der Waals surface area (Å²) in [6.45, 7) is 9.59. The molecule has 1 N–H and O–H groups in total. The number of thiazole rings is 1. The van der Waals surface area contributed by atoms with Crippen LogP contribution in [-0.2, 0) is 4.79 Å². The Hall–Kier alpha value is -2.90. The third-order valence-corrected chi connectivity index (χ3v) is 6.83. The molecule has 1 atom stereocenters. The standard InChI is InChI=1S/C22H20ClN3O3S.C2H6/c1-11-7-14(12(2)25(4)13(3)27)5-6-15(11)18-10-26-19-9-17(23)16(21(28)29)8-20(19)30-22(26)24-18;1-2/h5-10,12H,1-4H3,(H,28,29);1-2H3. The highest BCUT2D eigenvalue weighted by Crippen LogP contribution is 2.34. The number of halogens is 1. The molecule has 4 aromatic rings. The van der Waals surface area contributed by atoms with Gasteiger partial charge in [-0.2, -0.15) is 0 Å². The van der Waals surface area contributed by atoms with E-state index in [-0.39, 0.29) is 22.5 Å². The number of hydrogen-bond donors (Lipinski definition) is 1. The van der Waals surface area contributed by atoms with Crippen LogP contribution in [0.3, 0.4) is 0 Å². The molecule has 0 aliphatic rings. The number of aromatic carboxylic acids is 1. The van der Waals surface area contributed by atoms with E-state index < -0.39 is 5.97 Å². The smallest absolute Gasteiger partial charge is 0.337 e. The maximum atomic E-state index is 11.7. The van der Waals surface area contributed by atoms with Gasteiger partial charge in [-0.05, 0) is 37.1 Å². The number of amides is 1. The second-order valence-corrected chi connectivity index (χ2v) is 8.78. The first-order valence-electron chi connectivity index (χ1n) is 10.4. The summed E-state index contributed by atoms with van der Waals surface area (Å²) in [7, 11) is 1.80. The lowest BCUT2D eigenvalue weighted by Gasteiger charge is -2.24. The number of carbonyl (C=O) groups excluding carboxylic acids is 1. The SMILES string of the molecule is CC.CC(=O)N(C)C(C)c1ccc(-c2cn3c(n2)sc2cc(C(=O)O)c(Cl)cc23)c(C)c1. The van der Waals surface area contributed by atoms with Gasteiger partial charge in [0, 0.05) is 25.7 Å². The van der Waals surface area contributed by atoms with Crippen molar-refractivity contribution in [3.05, 3.63) is 58.2 Å². The number of imidazole rings is 1. The molecule has 2 heterocycles. The molecule has 0 saturated carbocycles. The summed E-state index contributed by atoms with van der Waals surface area (Å²) in [4.78, 5) is 30.2. The van der Waals surface area contributed by atoms with Gasteiger partial charge in [0.05, 0.1) is 32.5 Å². The highest BCUT2D eigenvalue weighted by Gasteiger charge is 2.18. The summed E-state index contributed by atoms with van der Waals surface area (Å²) in [6.07, 6.45) is 1.94. The number of benzene rings is 2. The topological polar surface area (TPSA) is 74.9 Å². The van der Waals surface area contributed by atoms with Crippen LogP contribution < -0.4 is 0 Å². The quantitative estimate of drug-likeness (QED) is 0.371. The van der Waals surface area contributed by atoms with Crippen molar-refractivity contribution in [1.82, 2.24) is 14.3 Å². The Morgan fingerprint density at radius 3 is 2.50 bits per heavy atom. The Labute approximate surface area is 196 Å². The van der Waals surface area contributed by atoms with E-state index in [4.69, 9.17) is 16.6 Å². The average Bonchev–Trinajstić information content (AvgIpc) is 3.31. The summed E-state index contributed by atoms with van der Waals surface area (Å²) in [5, 5.41) is 9.48. The van der Waals surface area contributed by atoms with Crippen molar-refractivity contribution in [3.63, 3.8) is 0 Å². The van der Waals surface area contributed by atoms with Gasteiger partial charge >= 0.3 is 5.97 Å². The number of carboxylic acid groups (broad SMARTS) is 1. The Bertz CT molecular complexity index is 1330. The number of fused-ring (bicyclic) bond motifs is 3. The Balaban J connectivity index is 0.00000141. The van der Waals surface area contributed by atoms with Crippen molar-refractivity contribution in [2.45, 2.75) is 40.7 Å². The second kappa shape index (κ2) is 9.30. The van der Waals surface area contributed by atoms with Gasteiger partial charge in [-0.25, -0.2) is 9.78 Å². The number of nitrogens with zero attached hydrogens (tertiary/aromatic N) is 3. The van der Waals surface area contributed by atoms with Crippen LogP contribution in [0.2, 0.25) is 5.02 Å². The van der Waals surface area contributed by atoms with E-state index in [1.807, 2.05) is 50.4 Å². The van der Waals surface area contributed by atoms with Crippen molar-refractivity contribution in [3.8, 4) is 11.3 Å². The molecule has 4 rings (SSSR count). The van der Waals surface area contributed by atoms with Gasteiger partial charge in [0.2, 0.25) is 5.91 Å². The number of aromatic nitrogens is 2. The molecule has 8 heteroatoms. The molecule has 168 valence electrons. The zero-order chi connectivity index (χ0) is 23.7. The van der Waals surface area contributed by atoms with Crippen LogP contribution >= 0.6 is 22.9 Å². The van der Waals surface area contributed by atoms with Gasteiger partial charge in [0.15, 0.2) is 4.96 Å². The fourth-order valence-corrected chi connectivity index (χ4v) is 4.81. The first kappa shape index (κ1) is 23.8. The van der Waals surface area contributed by atoms with Gasteiger partial charge < -0.3 is 10.0 Å². The third kappa shape index (κ3) is 4.23. The molecular weight excluding hydrogens is 446 g/mol. The van der Waals surface area contributed by atoms with Crippen LogP contribution in [-0.4, -0.2) is 38.3 Å². The Morgan fingerprint density at radius 2 is 1.91 bits per heavy atom. The molecule has 32 heavy (non-hydrogen) atoms. The zero-order valence-corrected chi connectivity index (χ0v) is 20.5.